The molecule has 18 heavy (non-hydrogen) atoms. The van der Waals surface area contributed by atoms with Crippen LogP contribution in [0.1, 0.15) is 42.1 Å². The van der Waals surface area contributed by atoms with E-state index in [0.717, 1.165) is 36.8 Å². The van der Waals surface area contributed by atoms with Crippen LogP contribution in [-0.2, 0) is 11.2 Å². The Hall–Kier alpha value is -0.940. The Morgan fingerprint density at radius 3 is 3.00 bits per heavy atom. The summed E-state index contributed by atoms with van der Waals surface area (Å²) in [6, 6.07) is 0.337. The van der Waals surface area contributed by atoms with Gasteiger partial charge in [-0.2, -0.15) is 0 Å². The van der Waals surface area contributed by atoms with E-state index >= 15 is 0 Å². The summed E-state index contributed by atoms with van der Waals surface area (Å²) in [5.74, 6) is 0.215. The molecule has 2 atom stereocenters. The van der Waals surface area contributed by atoms with Crippen molar-refractivity contribution < 1.29 is 9.53 Å². The van der Waals surface area contributed by atoms with Gasteiger partial charge in [0.15, 0.2) is 10.9 Å². The van der Waals surface area contributed by atoms with Crippen LogP contribution in [0, 0.1) is 0 Å². The first kappa shape index (κ1) is 12.1. The third kappa shape index (κ3) is 2.06. The van der Waals surface area contributed by atoms with Gasteiger partial charge in [0, 0.05) is 17.8 Å². The molecule has 0 amide bonds. The molecule has 2 aliphatic rings. The molecule has 0 saturated carbocycles. The van der Waals surface area contributed by atoms with Gasteiger partial charge in [-0.3, -0.25) is 4.79 Å². The molecule has 1 aliphatic carbocycles. The number of nitrogens with zero attached hydrogens (tertiary/aromatic N) is 2. The standard InChI is InChI=1S/C13H18N2O2S/c1-8-7-17-9(2)6-15(8)13-14-12-10(16)4-3-5-11(12)18-13/h8-9H,3-7H2,1-2H3. The summed E-state index contributed by atoms with van der Waals surface area (Å²) in [4.78, 5) is 19.9. The van der Waals surface area contributed by atoms with Crippen molar-refractivity contribution in [1.82, 2.24) is 4.98 Å². The third-order valence-electron chi connectivity index (χ3n) is 3.61. The van der Waals surface area contributed by atoms with E-state index in [1.54, 1.807) is 11.3 Å². The predicted molar refractivity (Wildman–Crippen MR) is 71.6 cm³/mol. The van der Waals surface area contributed by atoms with Crippen molar-refractivity contribution in [3.8, 4) is 0 Å². The Morgan fingerprint density at radius 1 is 1.39 bits per heavy atom. The second kappa shape index (κ2) is 4.63. The molecule has 5 heteroatoms. The second-order valence-electron chi connectivity index (χ2n) is 5.19. The van der Waals surface area contributed by atoms with Gasteiger partial charge in [-0.1, -0.05) is 0 Å². The van der Waals surface area contributed by atoms with Crippen LogP contribution in [0.5, 0.6) is 0 Å². The molecule has 3 rings (SSSR count). The highest BCUT2D eigenvalue weighted by atomic mass is 32.1. The lowest BCUT2D eigenvalue weighted by Crippen LogP contribution is -2.47. The first-order chi connectivity index (χ1) is 8.65. The van der Waals surface area contributed by atoms with Crippen molar-refractivity contribution in [1.29, 1.82) is 0 Å². The summed E-state index contributed by atoms with van der Waals surface area (Å²) in [6.07, 6.45) is 2.87. The molecule has 1 saturated heterocycles. The number of carbonyl (C=O) groups is 1. The fraction of sp³-hybridized carbons (Fsp3) is 0.692. The van der Waals surface area contributed by atoms with Crippen LogP contribution in [0.4, 0.5) is 5.13 Å². The largest absolute Gasteiger partial charge is 0.375 e. The highest BCUT2D eigenvalue weighted by Gasteiger charge is 2.29. The van der Waals surface area contributed by atoms with Gasteiger partial charge in [-0.25, -0.2) is 4.98 Å². The van der Waals surface area contributed by atoms with Gasteiger partial charge in [0.25, 0.3) is 0 Å². The van der Waals surface area contributed by atoms with Gasteiger partial charge in [-0.05, 0) is 26.7 Å². The molecule has 0 N–H and O–H groups in total. The van der Waals surface area contributed by atoms with Crippen molar-refractivity contribution in [3.63, 3.8) is 0 Å². The molecule has 0 bridgehead atoms. The van der Waals surface area contributed by atoms with E-state index in [9.17, 15) is 4.79 Å². The van der Waals surface area contributed by atoms with Gasteiger partial charge in [0.2, 0.25) is 0 Å². The lowest BCUT2D eigenvalue weighted by Gasteiger charge is -2.36. The van der Waals surface area contributed by atoms with Crippen molar-refractivity contribution in [3.05, 3.63) is 10.6 Å². The fourth-order valence-corrected chi connectivity index (χ4v) is 3.78. The SMILES string of the molecule is CC1CN(c2nc3c(s2)CCCC3=O)C(C)CO1. The van der Waals surface area contributed by atoms with Gasteiger partial charge < -0.3 is 9.64 Å². The number of fused-ring (bicyclic) bond motifs is 1. The van der Waals surface area contributed by atoms with Crippen LogP contribution in [0.15, 0.2) is 0 Å². The molecular weight excluding hydrogens is 248 g/mol. The maximum Gasteiger partial charge on any atom is 0.186 e. The number of anilines is 1. The smallest absolute Gasteiger partial charge is 0.186 e. The zero-order valence-electron chi connectivity index (χ0n) is 10.8. The molecule has 2 unspecified atom stereocenters. The van der Waals surface area contributed by atoms with E-state index in [2.05, 4.69) is 23.7 Å². The zero-order valence-corrected chi connectivity index (χ0v) is 11.6. The Labute approximate surface area is 111 Å². The van der Waals surface area contributed by atoms with Crippen LogP contribution in [0.25, 0.3) is 0 Å². The zero-order chi connectivity index (χ0) is 12.7. The van der Waals surface area contributed by atoms with Gasteiger partial charge in [-0.15, -0.1) is 11.3 Å². The monoisotopic (exact) mass is 266 g/mol. The number of hydrogen-bond acceptors (Lipinski definition) is 5. The van der Waals surface area contributed by atoms with Crippen LogP contribution in [-0.4, -0.2) is 36.1 Å². The predicted octanol–water partition coefficient (Wildman–Crippen LogP) is 2.28. The molecular formula is C13H18N2O2S. The highest BCUT2D eigenvalue weighted by molar-refractivity contribution is 7.16. The van der Waals surface area contributed by atoms with Gasteiger partial charge >= 0.3 is 0 Å². The molecule has 0 spiro atoms. The summed E-state index contributed by atoms with van der Waals surface area (Å²) in [5, 5.41) is 0.998. The third-order valence-corrected chi connectivity index (χ3v) is 4.76. The Balaban J connectivity index is 1.90. The number of rotatable bonds is 1. The quantitative estimate of drug-likeness (QED) is 0.782. The fourth-order valence-electron chi connectivity index (χ4n) is 2.55. The molecule has 0 radical (unpaired) electrons. The number of ketones is 1. The number of aromatic nitrogens is 1. The molecule has 1 aromatic rings. The molecule has 2 heterocycles. The Bertz CT molecular complexity index is 472. The number of morpholine rings is 1. The summed E-state index contributed by atoms with van der Waals surface area (Å²) in [7, 11) is 0. The van der Waals surface area contributed by atoms with Crippen molar-refractivity contribution in [2.24, 2.45) is 0 Å². The van der Waals surface area contributed by atoms with Crippen molar-refractivity contribution >= 4 is 22.3 Å². The minimum Gasteiger partial charge on any atom is -0.375 e. The molecule has 98 valence electrons. The number of carbonyl (C=O) groups excluding carboxylic acids is 1. The maximum atomic E-state index is 11.8. The van der Waals surface area contributed by atoms with Crippen molar-refractivity contribution in [2.75, 3.05) is 18.1 Å². The van der Waals surface area contributed by atoms with Crippen LogP contribution in [0.2, 0.25) is 0 Å². The summed E-state index contributed by atoms with van der Waals surface area (Å²) in [5.41, 5.74) is 0.729. The van der Waals surface area contributed by atoms with E-state index in [1.165, 1.54) is 4.88 Å². The molecule has 1 fully saturated rings. The number of aryl methyl sites for hydroxylation is 1. The number of hydrogen-bond donors (Lipinski definition) is 0. The number of ether oxygens (including phenoxy) is 1. The summed E-state index contributed by atoms with van der Waals surface area (Å²) < 4.78 is 5.63. The van der Waals surface area contributed by atoms with E-state index in [0.29, 0.717) is 12.5 Å². The minimum atomic E-state index is 0.215. The first-order valence-electron chi connectivity index (χ1n) is 6.56. The number of thiazole rings is 1. The van der Waals surface area contributed by atoms with Gasteiger partial charge in [0.05, 0.1) is 18.8 Å². The minimum absolute atomic E-state index is 0.215. The van der Waals surface area contributed by atoms with E-state index in [4.69, 9.17) is 4.74 Å². The van der Waals surface area contributed by atoms with Gasteiger partial charge in [0.1, 0.15) is 5.69 Å². The molecule has 4 nitrogen and oxygen atoms in total. The summed E-state index contributed by atoms with van der Waals surface area (Å²) >= 11 is 1.69. The normalized spacial score (nSPS) is 28.3. The topological polar surface area (TPSA) is 42.4 Å². The second-order valence-corrected chi connectivity index (χ2v) is 6.25. The first-order valence-corrected chi connectivity index (χ1v) is 7.38. The highest BCUT2D eigenvalue weighted by Crippen LogP contribution is 2.33. The van der Waals surface area contributed by atoms with E-state index in [-0.39, 0.29) is 11.9 Å². The lowest BCUT2D eigenvalue weighted by atomic mass is 10.0. The van der Waals surface area contributed by atoms with Crippen LogP contribution in [0.3, 0.4) is 0 Å². The van der Waals surface area contributed by atoms with E-state index in [1.807, 2.05) is 0 Å². The lowest BCUT2D eigenvalue weighted by molar-refractivity contribution is 0.0343. The van der Waals surface area contributed by atoms with E-state index < -0.39 is 0 Å². The Kier molecular flexibility index (Phi) is 3.11. The molecule has 1 aromatic heterocycles. The number of Topliss-reactive ketones (excluding diaryl/α,β-unsaturated/α-hetero) is 1. The van der Waals surface area contributed by atoms with Crippen molar-refractivity contribution in [2.45, 2.75) is 45.3 Å². The molecule has 0 aromatic carbocycles. The van der Waals surface area contributed by atoms with Crippen LogP contribution >= 0.6 is 11.3 Å². The summed E-state index contributed by atoms with van der Waals surface area (Å²) in [6.45, 7) is 5.83. The maximum absolute atomic E-state index is 11.8. The average molecular weight is 266 g/mol. The molecule has 1 aliphatic heterocycles. The van der Waals surface area contributed by atoms with Crippen LogP contribution < -0.4 is 4.90 Å². The average Bonchev–Trinajstić information content (AvgIpc) is 2.77. The Morgan fingerprint density at radius 2 is 2.22 bits per heavy atom.